The molecule has 6 nitrogen and oxygen atoms in total. The molecule has 0 radical (unpaired) electrons. The van der Waals surface area contributed by atoms with Crippen molar-refractivity contribution in [2.24, 2.45) is 5.92 Å². The van der Waals surface area contributed by atoms with Gasteiger partial charge in [-0.2, -0.15) is 5.10 Å². The number of hydrogen-bond donors (Lipinski definition) is 2. The second kappa shape index (κ2) is 7.97. The molecule has 2 N–H and O–H groups in total. The molecular weight excluding hydrogens is 304 g/mol. The van der Waals surface area contributed by atoms with Crippen LogP contribution in [0.15, 0.2) is 42.7 Å². The van der Waals surface area contributed by atoms with Crippen LogP contribution in [0.3, 0.4) is 0 Å². The smallest absolute Gasteiger partial charge is 0.317 e. The maximum absolute atomic E-state index is 12.4. The Labute approximate surface area is 142 Å². The molecule has 6 heteroatoms. The predicted molar refractivity (Wildman–Crippen MR) is 91.4 cm³/mol. The van der Waals surface area contributed by atoms with Crippen LogP contribution in [0.25, 0.3) is 0 Å². The lowest BCUT2D eigenvalue weighted by Gasteiger charge is -2.31. The van der Waals surface area contributed by atoms with E-state index in [4.69, 9.17) is 0 Å². The second-order valence-corrected chi connectivity index (χ2v) is 6.27. The fraction of sp³-hybridized carbons (Fsp3) is 0.444. The Morgan fingerprint density at radius 3 is 2.88 bits per heavy atom. The summed E-state index contributed by atoms with van der Waals surface area (Å²) >= 11 is 0. The number of carbonyl (C=O) groups is 1. The quantitative estimate of drug-likeness (QED) is 0.880. The van der Waals surface area contributed by atoms with Gasteiger partial charge in [-0.15, -0.1) is 0 Å². The Balaban J connectivity index is 1.59. The van der Waals surface area contributed by atoms with Gasteiger partial charge in [0, 0.05) is 38.6 Å². The molecule has 24 heavy (non-hydrogen) atoms. The largest absolute Gasteiger partial charge is 0.396 e. The topological polar surface area (TPSA) is 70.4 Å². The van der Waals surface area contributed by atoms with Crippen molar-refractivity contribution in [3.8, 4) is 0 Å². The minimum Gasteiger partial charge on any atom is -0.396 e. The molecule has 1 atom stereocenters. The summed E-state index contributed by atoms with van der Waals surface area (Å²) in [5, 5.41) is 16.5. The first kappa shape index (κ1) is 16.5. The van der Waals surface area contributed by atoms with Gasteiger partial charge in [0.25, 0.3) is 0 Å². The third-order valence-corrected chi connectivity index (χ3v) is 4.50. The number of hydrogen-bond acceptors (Lipinski definition) is 3. The first-order valence-corrected chi connectivity index (χ1v) is 8.44. The number of carbonyl (C=O) groups excluding carboxylic acids is 1. The van der Waals surface area contributed by atoms with Crippen LogP contribution in [0.4, 0.5) is 4.79 Å². The molecule has 3 rings (SSSR count). The van der Waals surface area contributed by atoms with E-state index in [9.17, 15) is 9.90 Å². The maximum Gasteiger partial charge on any atom is 0.317 e. The van der Waals surface area contributed by atoms with Crippen LogP contribution in [0.5, 0.6) is 0 Å². The van der Waals surface area contributed by atoms with Crippen LogP contribution in [0, 0.1) is 5.92 Å². The van der Waals surface area contributed by atoms with E-state index in [1.54, 1.807) is 11.1 Å². The number of nitrogens with zero attached hydrogens (tertiary/aromatic N) is 3. The average molecular weight is 328 g/mol. The van der Waals surface area contributed by atoms with Gasteiger partial charge >= 0.3 is 6.03 Å². The van der Waals surface area contributed by atoms with Crippen molar-refractivity contribution in [2.75, 3.05) is 19.7 Å². The molecule has 1 aliphatic rings. The van der Waals surface area contributed by atoms with Crippen molar-refractivity contribution in [1.82, 2.24) is 20.0 Å². The van der Waals surface area contributed by atoms with E-state index in [1.165, 1.54) is 0 Å². The first-order valence-electron chi connectivity index (χ1n) is 8.44. The molecule has 0 bridgehead atoms. The van der Waals surface area contributed by atoms with Crippen LogP contribution in [-0.2, 0) is 13.1 Å². The molecule has 128 valence electrons. The Morgan fingerprint density at radius 1 is 1.29 bits per heavy atom. The molecule has 1 aromatic carbocycles. The highest BCUT2D eigenvalue weighted by Gasteiger charge is 2.22. The summed E-state index contributed by atoms with van der Waals surface area (Å²) in [5.74, 6) is 0.205. The standard InChI is InChI=1S/C18H24N4O2/c23-14-15-5-3-9-21(12-15)18(24)19-11-16-6-1-2-7-17(16)13-22-10-4-8-20-22/h1-2,4,6-8,10,15,23H,3,5,9,11-14H2,(H,19,24). The third-order valence-electron chi connectivity index (χ3n) is 4.50. The highest BCUT2D eigenvalue weighted by molar-refractivity contribution is 5.74. The Kier molecular flexibility index (Phi) is 5.48. The second-order valence-electron chi connectivity index (χ2n) is 6.27. The number of amides is 2. The summed E-state index contributed by atoms with van der Waals surface area (Å²) in [6.45, 7) is 2.73. The lowest BCUT2D eigenvalue weighted by Crippen LogP contribution is -2.46. The third kappa shape index (κ3) is 4.14. The van der Waals surface area contributed by atoms with Gasteiger partial charge < -0.3 is 15.3 Å². The van der Waals surface area contributed by atoms with E-state index < -0.39 is 0 Å². The summed E-state index contributed by atoms with van der Waals surface area (Å²) in [5.41, 5.74) is 2.24. The van der Waals surface area contributed by atoms with Crippen molar-refractivity contribution in [2.45, 2.75) is 25.9 Å². The minimum atomic E-state index is -0.0537. The zero-order chi connectivity index (χ0) is 16.8. The van der Waals surface area contributed by atoms with Crippen LogP contribution < -0.4 is 5.32 Å². The molecule has 1 fully saturated rings. The fourth-order valence-electron chi connectivity index (χ4n) is 3.13. The van der Waals surface area contributed by atoms with E-state index in [1.807, 2.05) is 35.1 Å². The van der Waals surface area contributed by atoms with Crippen LogP contribution in [0.2, 0.25) is 0 Å². The van der Waals surface area contributed by atoms with Crippen molar-refractivity contribution >= 4 is 6.03 Å². The number of rotatable bonds is 5. The van der Waals surface area contributed by atoms with E-state index >= 15 is 0 Å². The zero-order valence-corrected chi connectivity index (χ0v) is 13.8. The molecule has 1 aromatic heterocycles. The molecule has 2 aromatic rings. The lowest BCUT2D eigenvalue weighted by atomic mass is 9.99. The maximum atomic E-state index is 12.4. The van der Waals surface area contributed by atoms with Gasteiger partial charge in [-0.05, 0) is 36.0 Å². The van der Waals surface area contributed by atoms with Crippen LogP contribution in [-0.4, -0.2) is 45.5 Å². The number of likely N-dealkylation sites (tertiary alicyclic amines) is 1. The molecule has 2 amide bonds. The van der Waals surface area contributed by atoms with E-state index in [0.717, 1.165) is 30.5 Å². The minimum absolute atomic E-state index is 0.0537. The lowest BCUT2D eigenvalue weighted by molar-refractivity contribution is 0.129. The predicted octanol–water partition coefficient (Wildman–Crippen LogP) is 1.85. The number of piperidine rings is 1. The monoisotopic (exact) mass is 328 g/mol. The van der Waals surface area contributed by atoms with Crippen molar-refractivity contribution < 1.29 is 9.90 Å². The molecular formula is C18H24N4O2. The molecule has 0 saturated carbocycles. The first-order chi connectivity index (χ1) is 11.8. The number of aliphatic hydroxyl groups is 1. The number of benzene rings is 1. The van der Waals surface area contributed by atoms with Gasteiger partial charge in [0.1, 0.15) is 0 Å². The van der Waals surface area contributed by atoms with Crippen LogP contribution >= 0.6 is 0 Å². The summed E-state index contributed by atoms with van der Waals surface area (Å²) in [4.78, 5) is 14.2. The normalized spacial score (nSPS) is 17.7. The Bertz CT molecular complexity index is 657. The molecule has 2 heterocycles. The van der Waals surface area contributed by atoms with Gasteiger partial charge in [-0.3, -0.25) is 4.68 Å². The SMILES string of the molecule is O=C(NCc1ccccc1Cn1cccn1)N1CCCC(CO)C1. The average Bonchev–Trinajstić information content (AvgIpc) is 3.14. The molecule has 1 aliphatic heterocycles. The van der Waals surface area contributed by atoms with E-state index in [2.05, 4.69) is 16.5 Å². The highest BCUT2D eigenvalue weighted by atomic mass is 16.3. The number of aromatic nitrogens is 2. The van der Waals surface area contributed by atoms with Crippen LogP contribution in [0.1, 0.15) is 24.0 Å². The summed E-state index contributed by atoms with van der Waals surface area (Å²) in [6, 6.07) is 9.93. The number of urea groups is 1. The van der Waals surface area contributed by atoms with Gasteiger partial charge in [0.05, 0.1) is 6.54 Å². The molecule has 0 spiro atoms. The van der Waals surface area contributed by atoms with Gasteiger partial charge in [-0.25, -0.2) is 4.79 Å². The number of nitrogens with one attached hydrogen (secondary N) is 1. The van der Waals surface area contributed by atoms with Gasteiger partial charge in [0.2, 0.25) is 0 Å². The van der Waals surface area contributed by atoms with E-state index in [0.29, 0.717) is 19.6 Å². The van der Waals surface area contributed by atoms with Gasteiger partial charge in [-0.1, -0.05) is 24.3 Å². The molecule has 0 aliphatic carbocycles. The van der Waals surface area contributed by atoms with Crippen molar-refractivity contribution in [3.05, 3.63) is 53.9 Å². The highest BCUT2D eigenvalue weighted by Crippen LogP contribution is 2.16. The summed E-state index contributed by atoms with van der Waals surface area (Å²) < 4.78 is 1.87. The van der Waals surface area contributed by atoms with E-state index in [-0.39, 0.29) is 18.6 Å². The molecule has 1 saturated heterocycles. The zero-order valence-electron chi connectivity index (χ0n) is 13.8. The fourth-order valence-corrected chi connectivity index (χ4v) is 3.13. The van der Waals surface area contributed by atoms with Gasteiger partial charge in [0.15, 0.2) is 0 Å². The Morgan fingerprint density at radius 2 is 2.12 bits per heavy atom. The van der Waals surface area contributed by atoms with Crippen molar-refractivity contribution in [1.29, 1.82) is 0 Å². The van der Waals surface area contributed by atoms with Crippen molar-refractivity contribution in [3.63, 3.8) is 0 Å². The number of aliphatic hydroxyl groups excluding tert-OH is 1. The summed E-state index contributed by atoms with van der Waals surface area (Å²) in [6.07, 6.45) is 5.64. The Hall–Kier alpha value is -2.34. The summed E-state index contributed by atoms with van der Waals surface area (Å²) in [7, 11) is 0. The molecule has 1 unspecified atom stereocenters.